The third-order valence-corrected chi connectivity index (χ3v) is 9.21. The van der Waals surface area contributed by atoms with Gasteiger partial charge in [-0.2, -0.15) is 0 Å². The van der Waals surface area contributed by atoms with Gasteiger partial charge in [-0.15, -0.1) is 47.0 Å². The average molecular weight is 319 g/mol. The fourth-order valence-corrected chi connectivity index (χ4v) is 7.46. The topological polar surface area (TPSA) is 0 Å². The Hall–Kier alpha value is 1.14. The second-order valence-electron chi connectivity index (χ2n) is 5.52. The van der Waals surface area contributed by atoms with Crippen molar-refractivity contribution in [2.75, 3.05) is 23.0 Å². The molecule has 1 heterocycles. The predicted molar refractivity (Wildman–Crippen MR) is 91.8 cm³/mol. The standard InChI is InChI=1S/C14H22S4/c1-2-11(1)7-16-13-9-15-6-5-14(18-10-13)17-8-12-3-4-12/h9,11-12,14H,1-8,10H2/b13-9+. The molecule has 1 atom stereocenters. The van der Waals surface area contributed by atoms with Crippen LogP contribution in [0.25, 0.3) is 0 Å². The van der Waals surface area contributed by atoms with Crippen molar-refractivity contribution in [2.45, 2.75) is 36.7 Å². The van der Waals surface area contributed by atoms with Gasteiger partial charge in [0, 0.05) is 16.4 Å². The molecule has 0 N–H and O–H groups in total. The van der Waals surface area contributed by atoms with Gasteiger partial charge in [-0.05, 0) is 60.9 Å². The van der Waals surface area contributed by atoms with Crippen LogP contribution in [0.15, 0.2) is 10.3 Å². The molecule has 3 rings (SSSR count). The fraction of sp³-hybridized carbons (Fsp3) is 0.857. The Bertz CT molecular complexity index is 294. The molecule has 0 saturated heterocycles. The second kappa shape index (κ2) is 7.24. The summed E-state index contributed by atoms with van der Waals surface area (Å²) in [7, 11) is 0. The fourth-order valence-electron chi connectivity index (χ4n) is 1.85. The lowest BCUT2D eigenvalue weighted by Crippen LogP contribution is -2.05. The average Bonchev–Trinajstić information content (AvgIpc) is 3.22. The van der Waals surface area contributed by atoms with Crippen LogP contribution < -0.4 is 0 Å². The summed E-state index contributed by atoms with van der Waals surface area (Å²) in [5, 5.41) is 2.45. The normalized spacial score (nSPS) is 32.4. The molecule has 4 heteroatoms. The Labute approximate surface area is 128 Å². The smallest absolute Gasteiger partial charge is 0.0514 e. The summed E-state index contributed by atoms with van der Waals surface area (Å²) in [5.74, 6) is 7.53. The van der Waals surface area contributed by atoms with Crippen LogP contribution >= 0.6 is 47.0 Å². The SMILES string of the molecule is C1=C(/SCC2CC2)CSC(SCC2CC2)CCS/1. The molecule has 0 aromatic carbocycles. The van der Waals surface area contributed by atoms with E-state index in [4.69, 9.17) is 0 Å². The molecule has 102 valence electrons. The van der Waals surface area contributed by atoms with Crippen molar-refractivity contribution in [1.29, 1.82) is 0 Å². The minimum atomic E-state index is 0.864. The highest BCUT2D eigenvalue weighted by molar-refractivity contribution is 8.18. The maximum Gasteiger partial charge on any atom is 0.0514 e. The van der Waals surface area contributed by atoms with Gasteiger partial charge >= 0.3 is 0 Å². The Morgan fingerprint density at radius 3 is 2.61 bits per heavy atom. The Balaban J connectivity index is 1.39. The van der Waals surface area contributed by atoms with E-state index in [9.17, 15) is 0 Å². The third-order valence-electron chi connectivity index (χ3n) is 3.51. The summed E-state index contributed by atoms with van der Waals surface area (Å²) < 4.78 is 0.864. The minimum Gasteiger partial charge on any atom is -0.147 e. The summed E-state index contributed by atoms with van der Waals surface area (Å²) in [5.41, 5.74) is 0. The number of hydrogen-bond acceptors (Lipinski definition) is 4. The maximum atomic E-state index is 2.45. The highest BCUT2D eigenvalue weighted by atomic mass is 32.2. The van der Waals surface area contributed by atoms with E-state index in [1.165, 1.54) is 55.1 Å². The summed E-state index contributed by atoms with van der Waals surface area (Å²) in [6, 6.07) is 0. The Kier molecular flexibility index (Phi) is 5.66. The van der Waals surface area contributed by atoms with Crippen molar-refractivity contribution in [3.8, 4) is 0 Å². The van der Waals surface area contributed by atoms with Crippen LogP contribution in [-0.4, -0.2) is 27.6 Å². The highest BCUT2D eigenvalue weighted by Crippen LogP contribution is 2.41. The summed E-state index contributed by atoms with van der Waals surface area (Å²) in [6.45, 7) is 0. The van der Waals surface area contributed by atoms with Gasteiger partial charge < -0.3 is 0 Å². The molecule has 18 heavy (non-hydrogen) atoms. The van der Waals surface area contributed by atoms with Crippen molar-refractivity contribution in [2.24, 2.45) is 11.8 Å². The van der Waals surface area contributed by atoms with Crippen molar-refractivity contribution in [3.63, 3.8) is 0 Å². The lowest BCUT2D eigenvalue weighted by Gasteiger charge is -2.19. The Morgan fingerprint density at radius 2 is 1.83 bits per heavy atom. The largest absolute Gasteiger partial charge is 0.147 e. The van der Waals surface area contributed by atoms with E-state index < -0.39 is 0 Å². The van der Waals surface area contributed by atoms with Gasteiger partial charge in [0.05, 0.1) is 4.58 Å². The zero-order chi connectivity index (χ0) is 12.2. The van der Waals surface area contributed by atoms with E-state index in [2.05, 4.69) is 52.5 Å². The van der Waals surface area contributed by atoms with Gasteiger partial charge in [-0.3, -0.25) is 0 Å². The van der Waals surface area contributed by atoms with E-state index >= 15 is 0 Å². The van der Waals surface area contributed by atoms with Crippen molar-refractivity contribution >= 4 is 47.0 Å². The molecule has 1 aliphatic heterocycles. The van der Waals surface area contributed by atoms with Crippen molar-refractivity contribution in [1.82, 2.24) is 0 Å². The van der Waals surface area contributed by atoms with Crippen molar-refractivity contribution in [3.05, 3.63) is 10.3 Å². The van der Waals surface area contributed by atoms with E-state index in [1.807, 2.05) is 0 Å². The van der Waals surface area contributed by atoms with Crippen LogP contribution in [0.4, 0.5) is 0 Å². The lowest BCUT2D eigenvalue weighted by atomic mass is 10.5. The minimum absolute atomic E-state index is 0.864. The first kappa shape index (κ1) is 14.1. The molecule has 2 saturated carbocycles. The van der Waals surface area contributed by atoms with E-state index in [1.54, 1.807) is 4.91 Å². The van der Waals surface area contributed by atoms with Gasteiger partial charge in [0.2, 0.25) is 0 Å². The first-order valence-corrected chi connectivity index (χ1v) is 11.2. The van der Waals surface area contributed by atoms with E-state index in [0.717, 1.165) is 16.4 Å². The van der Waals surface area contributed by atoms with Crippen LogP contribution in [0.1, 0.15) is 32.1 Å². The molecular weight excluding hydrogens is 296 g/mol. The zero-order valence-electron chi connectivity index (χ0n) is 10.8. The van der Waals surface area contributed by atoms with Crippen LogP contribution in [-0.2, 0) is 0 Å². The molecule has 0 aromatic heterocycles. The molecule has 3 aliphatic rings. The molecule has 0 bridgehead atoms. The van der Waals surface area contributed by atoms with Gasteiger partial charge in [0.15, 0.2) is 0 Å². The monoisotopic (exact) mass is 318 g/mol. The molecule has 0 radical (unpaired) electrons. The van der Waals surface area contributed by atoms with Gasteiger partial charge in [-0.1, -0.05) is 0 Å². The second-order valence-corrected chi connectivity index (χ2v) is 10.4. The quantitative estimate of drug-likeness (QED) is 0.650. The van der Waals surface area contributed by atoms with Gasteiger partial charge in [0.25, 0.3) is 0 Å². The molecular formula is C14H22S4. The maximum absolute atomic E-state index is 2.45. The molecule has 0 amide bonds. The molecule has 2 aliphatic carbocycles. The first-order valence-electron chi connectivity index (χ1n) is 7.07. The highest BCUT2D eigenvalue weighted by Gasteiger charge is 2.24. The molecule has 0 aromatic rings. The molecule has 1 unspecified atom stereocenters. The summed E-state index contributed by atoms with van der Waals surface area (Å²) in [6.07, 6.45) is 7.37. The van der Waals surface area contributed by atoms with E-state index in [0.29, 0.717) is 0 Å². The predicted octanol–water partition coefficient (Wildman–Crippen LogP) is 5.31. The molecule has 0 spiro atoms. The van der Waals surface area contributed by atoms with Crippen molar-refractivity contribution < 1.29 is 0 Å². The van der Waals surface area contributed by atoms with Crippen LogP contribution in [0.3, 0.4) is 0 Å². The number of rotatable bonds is 6. The van der Waals surface area contributed by atoms with Crippen LogP contribution in [0, 0.1) is 11.8 Å². The van der Waals surface area contributed by atoms with E-state index in [-0.39, 0.29) is 0 Å². The Morgan fingerprint density at radius 1 is 1.06 bits per heavy atom. The first-order chi connectivity index (χ1) is 8.90. The lowest BCUT2D eigenvalue weighted by molar-refractivity contribution is 0.988. The van der Waals surface area contributed by atoms with Gasteiger partial charge in [0.1, 0.15) is 0 Å². The number of thioether (sulfide) groups is 4. The number of hydrogen-bond donors (Lipinski definition) is 0. The third kappa shape index (κ3) is 5.26. The summed E-state index contributed by atoms with van der Waals surface area (Å²) >= 11 is 8.64. The van der Waals surface area contributed by atoms with Crippen LogP contribution in [0.2, 0.25) is 0 Å². The van der Waals surface area contributed by atoms with Crippen LogP contribution in [0.5, 0.6) is 0 Å². The van der Waals surface area contributed by atoms with Gasteiger partial charge in [-0.25, -0.2) is 0 Å². The molecule has 2 fully saturated rings. The molecule has 0 nitrogen and oxygen atoms in total. The zero-order valence-corrected chi connectivity index (χ0v) is 14.1. The summed E-state index contributed by atoms with van der Waals surface area (Å²) in [4.78, 5) is 1.65.